The highest BCUT2D eigenvalue weighted by Crippen LogP contribution is 2.23. The van der Waals surface area contributed by atoms with Crippen molar-refractivity contribution >= 4 is 22.5 Å². The van der Waals surface area contributed by atoms with Gasteiger partial charge in [-0.2, -0.15) is 0 Å². The van der Waals surface area contributed by atoms with E-state index in [0.717, 1.165) is 49.7 Å². The van der Waals surface area contributed by atoms with Crippen LogP contribution in [0.5, 0.6) is 0 Å². The normalized spacial score (nSPS) is 14.5. The zero-order valence-corrected chi connectivity index (χ0v) is 16.8. The number of thiazole rings is 1. The average Bonchev–Trinajstić information content (AvgIpc) is 3.23. The number of benzene rings is 1. The molecule has 1 saturated heterocycles. The van der Waals surface area contributed by atoms with Crippen LogP contribution in [0.2, 0.25) is 0 Å². The molecule has 2 aromatic heterocycles. The lowest BCUT2D eigenvalue weighted by atomic mass is 10.1. The van der Waals surface area contributed by atoms with Gasteiger partial charge in [-0.05, 0) is 23.3 Å². The van der Waals surface area contributed by atoms with Gasteiger partial charge in [-0.3, -0.25) is 15.2 Å². The number of urea groups is 1. The molecule has 1 aliphatic rings. The Morgan fingerprint density at radius 2 is 1.93 bits per heavy atom. The molecule has 2 amide bonds. The van der Waals surface area contributed by atoms with Gasteiger partial charge in [0.25, 0.3) is 0 Å². The summed E-state index contributed by atoms with van der Waals surface area (Å²) in [4.78, 5) is 23.1. The third-order valence-corrected chi connectivity index (χ3v) is 5.43. The molecule has 8 heteroatoms. The summed E-state index contributed by atoms with van der Waals surface area (Å²) in [6.45, 7) is 4.96. The van der Waals surface area contributed by atoms with E-state index < -0.39 is 0 Å². The lowest BCUT2D eigenvalue weighted by Gasteiger charge is -2.26. The van der Waals surface area contributed by atoms with E-state index in [-0.39, 0.29) is 6.03 Å². The van der Waals surface area contributed by atoms with Crippen molar-refractivity contribution in [3.63, 3.8) is 0 Å². The fourth-order valence-electron chi connectivity index (χ4n) is 3.08. The van der Waals surface area contributed by atoms with Gasteiger partial charge in [0.2, 0.25) is 0 Å². The molecule has 4 rings (SSSR count). The Labute approximate surface area is 173 Å². The largest absolute Gasteiger partial charge is 0.379 e. The van der Waals surface area contributed by atoms with E-state index in [1.807, 2.05) is 17.5 Å². The van der Waals surface area contributed by atoms with Crippen molar-refractivity contribution < 1.29 is 9.53 Å². The summed E-state index contributed by atoms with van der Waals surface area (Å²) in [5.41, 5.74) is 4.05. The van der Waals surface area contributed by atoms with Crippen LogP contribution in [0.25, 0.3) is 11.3 Å². The standard InChI is InChI=1S/C21H23N5O2S/c27-20(25-21-24-19(15-29-21)18-2-1-7-22-13-18)23-12-16-3-5-17(6-4-16)14-26-8-10-28-11-9-26/h1-7,13,15H,8-12,14H2,(H2,23,24,25,27). The molecule has 150 valence electrons. The van der Waals surface area contributed by atoms with E-state index in [0.29, 0.717) is 11.7 Å². The summed E-state index contributed by atoms with van der Waals surface area (Å²) in [6.07, 6.45) is 3.47. The highest BCUT2D eigenvalue weighted by Gasteiger charge is 2.11. The predicted octanol–water partition coefficient (Wildman–Crippen LogP) is 3.36. The number of pyridine rings is 1. The quantitative estimate of drug-likeness (QED) is 0.653. The summed E-state index contributed by atoms with van der Waals surface area (Å²) in [5, 5.41) is 8.12. The summed E-state index contributed by atoms with van der Waals surface area (Å²) in [5.74, 6) is 0. The SMILES string of the molecule is O=C(NCc1ccc(CN2CCOCC2)cc1)Nc1nc(-c2cccnc2)cs1. The van der Waals surface area contributed by atoms with E-state index in [2.05, 4.69) is 49.8 Å². The molecule has 1 aromatic carbocycles. The van der Waals surface area contributed by atoms with Crippen molar-refractivity contribution in [2.24, 2.45) is 0 Å². The number of nitrogens with one attached hydrogen (secondary N) is 2. The molecule has 0 atom stereocenters. The highest BCUT2D eigenvalue weighted by molar-refractivity contribution is 7.14. The van der Waals surface area contributed by atoms with Crippen LogP contribution in [-0.4, -0.2) is 47.2 Å². The number of aromatic nitrogens is 2. The first kappa shape index (κ1) is 19.5. The van der Waals surface area contributed by atoms with Crippen molar-refractivity contribution in [2.45, 2.75) is 13.1 Å². The molecule has 7 nitrogen and oxygen atoms in total. The van der Waals surface area contributed by atoms with Crippen molar-refractivity contribution in [3.05, 3.63) is 65.3 Å². The van der Waals surface area contributed by atoms with Gasteiger partial charge in [-0.25, -0.2) is 9.78 Å². The van der Waals surface area contributed by atoms with Crippen LogP contribution in [0.3, 0.4) is 0 Å². The van der Waals surface area contributed by atoms with Crippen molar-refractivity contribution in [3.8, 4) is 11.3 Å². The monoisotopic (exact) mass is 409 g/mol. The second-order valence-corrected chi connectivity index (χ2v) is 7.65. The Bertz CT molecular complexity index is 924. The van der Waals surface area contributed by atoms with E-state index in [9.17, 15) is 4.79 Å². The van der Waals surface area contributed by atoms with E-state index in [1.165, 1.54) is 16.9 Å². The number of hydrogen-bond acceptors (Lipinski definition) is 6. The zero-order chi connectivity index (χ0) is 19.9. The first-order valence-electron chi connectivity index (χ1n) is 9.55. The Morgan fingerprint density at radius 1 is 1.14 bits per heavy atom. The number of amides is 2. The van der Waals surface area contributed by atoms with Crippen LogP contribution in [0, 0.1) is 0 Å². The molecule has 2 N–H and O–H groups in total. The van der Waals surface area contributed by atoms with E-state index in [4.69, 9.17) is 4.74 Å². The molecule has 0 saturated carbocycles. The summed E-state index contributed by atoms with van der Waals surface area (Å²) in [7, 11) is 0. The van der Waals surface area contributed by atoms with Crippen LogP contribution < -0.4 is 10.6 Å². The topological polar surface area (TPSA) is 79.4 Å². The number of hydrogen-bond donors (Lipinski definition) is 2. The van der Waals surface area contributed by atoms with Crippen LogP contribution >= 0.6 is 11.3 Å². The molecule has 1 fully saturated rings. The first-order chi connectivity index (χ1) is 14.3. The minimum Gasteiger partial charge on any atom is -0.379 e. The number of carbonyl (C=O) groups is 1. The zero-order valence-electron chi connectivity index (χ0n) is 16.0. The van der Waals surface area contributed by atoms with E-state index >= 15 is 0 Å². The van der Waals surface area contributed by atoms with Gasteiger partial charge < -0.3 is 10.1 Å². The van der Waals surface area contributed by atoms with Crippen LogP contribution in [0.4, 0.5) is 9.93 Å². The molecular weight excluding hydrogens is 386 g/mol. The number of rotatable bonds is 6. The molecule has 0 bridgehead atoms. The van der Waals surface area contributed by atoms with Gasteiger partial charge in [-0.15, -0.1) is 11.3 Å². The number of nitrogens with zero attached hydrogens (tertiary/aromatic N) is 3. The molecular formula is C21H23N5O2S. The smallest absolute Gasteiger partial charge is 0.321 e. The summed E-state index contributed by atoms with van der Waals surface area (Å²) in [6, 6.07) is 11.9. The Morgan fingerprint density at radius 3 is 2.69 bits per heavy atom. The lowest BCUT2D eigenvalue weighted by Crippen LogP contribution is -2.35. The Balaban J connectivity index is 1.25. The second kappa shape index (κ2) is 9.60. The number of ether oxygens (including phenoxy) is 1. The number of carbonyl (C=O) groups excluding carboxylic acids is 1. The molecule has 0 aliphatic carbocycles. The van der Waals surface area contributed by atoms with Gasteiger partial charge in [0.1, 0.15) is 0 Å². The molecule has 3 aromatic rings. The molecule has 0 spiro atoms. The van der Waals surface area contributed by atoms with E-state index in [1.54, 1.807) is 12.4 Å². The number of anilines is 1. The summed E-state index contributed by atoms with van der Waals surface area (Å²) < 4.78 is 5.38. The number of morpholine rings is 1. The van der Waals surface area contributed by atoms with Gasteiger partial charge in [0.15, 0.2) is 5.13 Å². The molecule has 0 unspecified atom stereocenters. The average molecular weight is 410 g/mol. The molecule has 3 heterocycles. The Hall–Kier alpha value is -2.81. The minimum absolute atomic E-state index is 0.269. The lowest BCUT2D eigenvalue weighted by molar-refractivity contribution is 0.0342. The van der Waals surface area contributed by atoms with Gasteiger partial charge in [0, 0.05) is 49.5 Å². The second-order valence-electron chi connectivity index (χ2n) is 6.79. The third-order valence-electron chi connectivity index (χ3n) is 4.67. The maximum atomic E-state index is 12.2. The highest BCUT2D eigenvalue weighted by atomic mass is 32.1. The fourth-order valence-corrected chi connectivity index (χ4v) is 3.80. The van der Waals surface area contributed by atoms with Gasteiger partial charge in [-0.1, -0.05) is 24.3 Å². The van der Waals surface area contributed by atoms with Crippen molar-refractivity contribution in [2.75, 3.05) is 31.6 Å². The van der Waals surface area contributed by atoms with Gasteiger partial charge >= 0.3 is 6.03 Å². The third kappa shape index (κ3) is 5.60. The predicted molar refractivity (Wildman–Crippen MR) is 114 cm³/mol. The Kier molecular flexibility index (Phi) is 6.45. The molecule has 1 aliphatic heterocycles. The minimum atomic E-state index is -0.269. The maximum Gasteiger partial charge on any atom is 0.321 e. The first-order valence-corrected chi connectivity index (χ1v) is 10.4. The molecule has 0 radical (unpaired) electrons. The summed E-state index contributed by atoms with van der Waals surface area (Å²) >= 11 is 1.39. The van der Waals surface area contributed by atoms with Crippen molar-refractivity contribution in [1.29, 1.82) is 0 Å². The fraction of sp³-hybridized carbons (Fsp3) is 0.286. The maximum absolute atomic E-state index is 12.2. The van der Waals surface area contributed by atoms with Crippen molar-refractivity contribution in [1.82, 2.24) is 20.2 Å². The van der Waals surface area contributed by atoms with Crippen LogP contribution in [-0.2, 0) is 17.8 Å². The van der Waals surface area contributed by atoms with Crippen LogP contribution in [0.15, 0.2) is 54.2 Å². The molecule has 29 heavy (non-hydrogen) atoms. The van der Waals surface area contributed by atoms with Crippen LogP contribution in [0.1, 0.15) is 11.1 Å². The van der Waals surface area contributed by atoms with Gasteiger partial charge in [0.05, 0.1) is 18.9 Å².